The Morgan fingerprint density at radius 3 is 2.55 bits per heavy atom. The van der Waals surface area contributed by atoms with Gasteiger partial charge in [0.05, 0.1) is 27.5 Å². The molecule has 3 nitrogen and oxygen atoms in total. The van der Waals surface area contributed by atoms with Crippen LogP contribution in [0.1, 0.15) is 22.8 Å². The van der Waals surface area contributed by atoms with Gasteiger partial charge in [0.25, 0.3) is 5.91 Å². The highest BCUT2D eigenvalue weighted by Gasteiger charge is 2.16. The van der Waals surface area contributed by atoms with Crippen molar-refractivity contribution in [3.63, 3.8) is 0 Å². The number of amides is 1. The molecule has 1 N–H and O–H groups in total. The number of carbonyl (C=O) groups excluding carboxylic acids is 1. The standard InChI is InChI=1S/C24H18BrClN2O/c1-2-15-8-10-21-18(12-15)19(14-23(27-21)16-6-4-3-5-7-16)24(29)28-22-11-9-17(25)13-20(22)26/h3-14H,2H2,1H3,(H,28,29). The van der Waals surface area contributed by atoms with Gasteiger partial charge in [0.1, 0.15) is 0 Å². The summed E-state index contributed by atoms with van der Waals surface area (Å²) in [5, 5.41) is 4.25. The van der Waals surface area contributed by atoms with Crippen LogP contribution in [0.5, 0.6) is 0 Å². The van der Waals surface area contributed by atoms with Crippen molar-refractivity contribution in [3.05, 3.63) is 93.4 Å². The molecule has 5 heteroatoms. The van der Waals surface area contributed by atoms with Gasteiger partial charge in [-0.25, -0.2) is 4.98 Å². The molecule has 29 heavy (non-hydrogen) atoms. The molecule has 1 amide bonds. The summed E-state index contributed by atoms with van der Waals surface area (Å²) in [5.41, 5.74) is 4.80. The Labute approximate surface area is 182 Å². The van der Waals surface area contributed by atoms with E-state index in [1.54, 1.807) is 12.1 Å². The molecule has 0 spiro atoms. The second-order valence-corrected chi connectivity index (χ2v) is 8.03. The molecule has 0 fully saturated rings. The number of aromatic nitrogens is 1. The van der Waals surface area contributed by atoms with E-state index in [2.05, 4.69) is 34.2 Å². The summed E-state index contributed by atoms with van der Waals surface area (Å²) < 4.78 is 0.855. The minimum absolute atomic E-state index is 0.216. The maximum Gasteiger partial charge on any atom is 0.256 e. The number of fused-ring (bicyclic) bond motifs is 1. The topological polar surface area (TPSA) is 42.0 Å². The Morgan fingerprint density at radius 1 is 1.03 bits per heavy atom. The minimum atomic E-state index is -0.216. The fraction of sp³-hybridized carbons (Fsp3) is 0.0833. The molecule has 4 rings (SSSR count). The van der Waals surface area contributed by atoms with E-state index in [0.717, 1.165) is 38.6 Å². The average molecular weight is 466 g/mol. The van der Waals surface area contributed by atoms with Gasteiger partial charge in [0, 0.05) is 15.4 Å². The van der Waals surface area contributed by atoms with E-state index in [0.29, 0.717) is 16.3 Å². The normalized spacial score (nSPS) is 10.9. The molecule has 0 bridgehead atoms. The first-order valence-corrected chi connectivity index (χ1v) is 10.5. The number of rotatable bonds is 4. The number of hydrogen-bond acceptors (Lipinski definition) is 2. The van der Waals surface area contributed by atoms with Gasteiger partial charge < -0.3 is 5.32 Å². The number of carbonyl (C=O) groups is 1. The highest BCUT2D eigenvalue weighted by molar-refractivity contribution is 9.10. The lowest BCUT2D eigenvalue weighted by atomic mass is 10.0. The van der Waals surface area contributed by atoms with Crippen molar-refractivity contribution in [2.45, 2.75) is 13.3 Å². The van der Waals surface area contributed by atoms with Gasteiger partial charge in [-0.3, -0.25) is 4.79 Å². The maximum atomic E-state index is 13.2. The largest absolute Gasteiger partial charge is 0.321 e. The molecule has 0 aliphatic rings. The van der Waals surface area contributed by atoms with Crippen LogP contribution in [0.2, 0.25) is 5.02 Å². The van der Waals surface area contributed by atoms with Crippen LogP contribution in [0.15, 0.2) is 77.3 Å². The smallest absolute Gasteiger partial charge is 0.256 e. The molecule has 4 aromatic rings. The van der Waals surface area contributed by atoms with E-state index < -0.39 is 0 Å². The number of hydrogen-bond donors (Lipinski definition) is 1. The number of anilines is 1. The Balaban J connectivity index is 1.84. The first-order chi connectivity index (χ1) is 14.0. The van der Waals surface area contributed by atoms with E-state index in [1.165, 1.54) is 0 Å². The molecule has 144 valence electrons. The zero-order valence-corrected chi connectivity index (χ0v) is 18.1. The van der Waals surface area contributed by atoms with E-state index in [-0.39, 0.29) is 5.91 Å². The number of nitrogens with one attached hydrogen (secondary N) is 1. The lowest BCUT2D eigenvalue weighted by Crippen LogP contribution is -2.13. The van der Waals surface area contributed by atoms with E-state index >= 15 is 0 Å². The Kier molecular flexibility index (Phi) is 5.65. The zero-order valence-electron chi connectivity index (χ0n) is 15.7. The summed E-state index contributed by atoms with van der Waals surface area (Å²) >= 11 is 9.68. The van der Waals surface area contributed by atoms with Crippen molar-refractivity contribution in [2.24, 2.45) is 0 Å². The van der Waals surface area contributed by atoms with E-state index in [9.17, 15) is 4.79 Å². The van der Waals surface area contributed by atoms with Crippen LogP contribution < -0.4 is 5.32 Å². The summed E-state index contributed by atoms with van der Waals surface area (Å²) in [6, 6.07) is 23.2. The zero-order chi connectivity index (χ0) is 20.4. The van der Waals surface area contributed by atoms with Gasteiger partial charge in [-0.2, -0.15) is 0 Å². The third-order valence-electron chi connectivity index (χ3n) is 4.77. The summed E-state index contributed by atoms with van der Waals surface area (Å²) in [5.74, 6) is -0.216. The summed E-state index contributed by atoms with van der Waals surface area (Å²) in [6.07, 6.45) is 0.885. The summed E-state index contributed by atoms with van der Waals surface area (Å²) in [7, 11) is 0. The Bertz CT molecular complexity index is 1210. The SMILES string of the molecule is CCc1ccc2nc(-c3ccccc3)cc(C(=O)Nc3ccc(Br)cc3Cl)c2c1. The van der Waals surface area contributed by atoms with Crippen LogP contribution >= 0.6 is 27.5 Å². The molecule has 0 saturated heterocycles. The van der Waals surface area contributed by atoms with Crippen LogP contribution in [0.25, 0.3) is 22.2 Å². The fourth-order valence-corrected chi connectivity index (χ4v) is 3.94. The molecule has 0 saturated carbocycles. The van der Waals surface area contributed by atoms with Crippen LogP contribution in [0.3, 0.4) is 0 Å². The third-order valence-corrected chi connectivity index (χ3v) is 5.58. The van der Waals surface area contributed by atoms with Crippen molar-refractivity contribution in [3.8, 4) is 11.3 Å². The molecule has 0 aliphatic heterocycles. The lowest BCUT2D eigenvalue weighted by molar-refractivity contribution is 0.102. The fourth-order valence-electron chi connectivity index (χ4n) is 3.22. The monoisotopic (exact) mass is 464 g/mol. The molecule has 0 atom stereocenters. The highest BCUT2D eigenvalue weighted by atomic mass is 79.9. The van der Waals surface area contributed by atoms with Crippen molar-refractivity contribution >= 4 is 50.0 Å². The summed E-state index contributed by atoms with van der Waals surface area (Å²) in [4.78, 5) is 18.0. The average Bonchev–Trinajstić information content (AvgIpc) is 2.75. The predicted octanol–water partition coefficient (Wildman–Crippen LogP) is 7.13. The van der Waals surface area contributed by atoms with Crippen LogP contribution in [0.4, 0.5) is 5.69 Å². The second-order valence-electron chi connectivity index (χ2n) is 6.70. The second kappa shape index (κ2) is 8.36. The molecular formula is C24H18BrClN2O. The Hall–Kier alpha value is -2.69. The molecule has 1 aromatic heterocycles. The molecule has 1 heterocycles. The first kappa shape index (κ1) is 19.6. The first-order valence-electron chi connectivity index (χ1n) is 9.30. The number of benzene rings is 3. The molecular weight excluding hydrogens is 448 g/mol. The van der Waals surface area contributed by atoms with E-state index in [1.807, 2.05) is 54.6 Å². The maximum absolute atomic E-state index is 13.2. The van der Waals surface area contributed by atoms with Gasteiger partial charge in [-0.15, -0.1) is 0 Å². The molecule has 0 radical (unpaired) electrons. The van der Waals surface area contributed by atoms with Gasteiger partial charge in [0.15, 0.2) is 0 Å². The quantitative estimate of drug-likeness (QED) is 0.348. The van der Waals surface area contributed by atoms with Gasteiger partial charge in [-0.05, 0) is 48.4 Å². The number of nitrogens with zero attached hydrogens (tertiary/aromatic N) is 1. The number of halogens is 2. The van der Waals surface area contributed by atoms with Gasteiger partial charge in [-0.1, -0.05) is 70.9 Å². The Morgan fingerprint density at radius 2 is 1.83 bits per heavy atom. The molecule has 3 aromatic carbocycles. The van der Waals surface area contributed by atoms with Crippen molar-refractivity contribution < 1.29 is 4.79 Å². The predicted molar refractivity (Wildman–Crippen MR) is 124 cm³/mol. The third kappa shape index (κ3) is 4.19. The minimum Gasteiger partial charge on any atom is -0.321 e. The highest BCUT2D eigenvalue weighted by Crippen LogP contribution is 2.29. The van der Waals surface area contributed by atoms with Gasteiger partial charge >= 0.3 is 0 Å². The van der Waals surface area contributed by atoms with Crippen LogP contribution in [0, 0.1) is 0 Å². The van der Waals surface area contributed by atoms with Crippen molar-refractivity contribution in [1.82, 2.24) is 4.98 Å². The molecule has 0 aliphatic carbocycles. The lowest BCUT2D eigenvalue weighted by Gasteiger charge is -2.12. The van der Waals surface area contributed by atoms with Crippen LogP contribution in [-0.2, 0) is 6.42 Å². The van der Waals surface area contributed by atoms with Crippen LogP contribution in [-0.4, -0.2) is 10.9 Å². The number of aryl methyl sites for hydroxylation is 1. The van der Waals surface area contributed by atoms with Crippen molar-refractivity contribution in [1.29, 1.82) is 0 Å². The van der Waals surface area contributed by atoms with Gasteiger partial charge in [0.2, 0.25) is 0 Å². The molecule has 0 unspecified atom stereocenters. The van der Waals surface area contributed by atoms with E-state index in [4.69, 9.17) is 16.6 Å². The van der Waals surface area contributed by atoms with Crippen molar-refractivity contribution in [2.75, 3.05) is 5.32 Å². The summed E-state index contributed by atoms with van der Waals surface area (Å²) in [6.45, 7) is 2.09. The number of pyridine rings is 1.